The summed E-state index contributed by atoms with van der Waals surface area (Å²) in [6.45, 7) is 6.28. The molecule has 0 aliphatic heterocycles. The van der Waals surface area contributed by atoms with Crippen molar-refractivity contribution in [2.45, 2.75) is 66.1 Å². The summed E-state index contributed by atoms with van der Waals surface area (Å²) < 4.78 is 51.7. The van der Waals surface area contributed by atoms with Crippen LogP contribution in [0.3, 0.4) is 0 Å². The van der Waals surface area contributed by atoms with Crippen LogP contribution in [-0.2, 0) is 20.1 Å². The average Bonchev–Trinajstić information content (AvgIpc) is 3.94. The first-order valence-electron chi connectivity index (χ1n) is 24.6. The zero-order valence-electron chi connectivity index (χ0n) is 42.3. The largest absolute Gasteiger partial charge is 0.500 e. The van der Waals surface area contributed by atoms with E-state index in [2.05, 4.69) is 91.8 Å². The molecule has 1 aliphatic carbocycles. The number of aromatic nitrogens is 3. The second-order valence-corrected chi connectivity index (χ2v) is 17.7. The first-order valence-corrected chi connectivity index (χ1v) is 22.1. The first-order chi connectivity index (χ1) is 33.6. The van der Waals surface area contributed by atoms with Crippen molar-refractivity contribution in [1.82, 2.24) is 14.5 Å². The fraction of sp³-hybridized carbons (Fsp3) is 0.183. The van der Waals surface area contributed by atoms with Crippen LogP contribution in [0.4, 0.5) is 0 Å². The van der Waals surface area contributed by atoms with E-state index in [-0.39, 0.29) is 37.1 Å². The Morgan fingerprint density at radius 2 is 1.55 bits per heavy atom. The Morgan fingerprint density at radius 3 is 2.29 bits per heavy atom. The number of hydrogen-bond donors (Lipinski definition) is 0. The van der Waals surface area contributed by atoms with E-state index in [1.807, 2.05) is 78.9 Å². The SMILES string of the molecule is Cc1cccc(C)c1-n1c(-c2[c-]cc(C#N)cc2)nc2ccccc21.[2H]c1cc(C2([2H])CCC(C)(C)CC2)ccc1-c1cc(-c2[c-]ccc3c2oc2c(-c4ccccc4)cccc23)ncc1C([2H])([2H])[2H].[Ir]. The van der Waals surface area contributed by atoms with Gasteiger partial charge in [0.15, 0.2) is 0 Å². The number of imidazole rings is 1. The monoisotopic (exact) mass is 1040 g/mol. The minimum absolute atomic E-state index is 0. The van der Waals surface area contributed by atoms with Crippen molar-refractivity contribution >= 4 is 33.0 Å². The molecule has 7 aromatic carbocycles. The van der Waals surface area contributed by atoms with E-state index in [0.717, 1.165) is 86.8 Å². The molecule has 1 fully saturated rings. The van der Waals surface area contributed by atoms with E-state index >= 15 is 0 Å². The maximum absolute atomic E-state index is 9.19. The molecule has 0 unspecified atom stereocenters. The number of benzene rings is 7. The fourth-order valence-electron chi connectivity index (χ4n) is 9.17. The molecule has 0 spiro atoms. The summed E-state index contributed by atoms with van der Waals surface area (Å²) in [6, 6.07) is 55.9. The van der Waals surface area contributed by atoms with Crippen molar-refractivity contribution < 1.29 is 31.4 Å². The van der Waals surface area contributed by atoms with Gasteiger partial charge in [0.05, 0.1) is 23.8 Å². The smallest absolute Gasteiger partial charge is 0.128 e. The number of hydrogen-bond acceptors (Lipinski definition) is 4. The number of para-hydroxylation sites is 4. The van der Waals surface area contributed by atoms with Crippen molar-refractivity contribution in [1.29, 1.82) is 5.26 Å². The summed E-state index contributed by atoms with van der Waals surface area (Å²) in [6.07, 6.45) is 4.79. The molecule has 0 saturated heterocycles. The molecule has 1 radical (unpaired) electrons. The molecule has 5 nitrogen and oxygen atoms in total. The Hall–Kier alpha value is -6.90. The third kappa shape index (κ3) is 8.54. The van der Waals surface area contributed by atoms with Crippen LogP contribution in [0.15, 0.2) is 162 Å². The Balaban J connectivity index is 0.000000203. The van der Waals surface area contributed by atoms with E-state index in [9.17, 15) is 1.37 Å². The number of rotatable bonds is 6. The Labute approximate surface area is 408 Å². The molecule has 10 aromatic rings. The second-order valence-electron chi connectivity index (χ2n) is 17.7. The van der Waals surface area contributed by atoms with E-state index < -0.39 is 12.7 Å². The minimum Gasteiger partial charge on any atom is -0.500 e. The van der Waals surface area contributed by atoms with Gasteiger partial charge in [0.2, 0.25) is 0 Å². The zero-order valence-corrected chi connectivity index (χ0v) is 39.7. The van der Waals surface area contributed by atoms with Gasteiger partial charge in [-0.1, -0.05) is 134 Å². The van der Waals surface area contributed by atoms with Gasteiger partial charge in [0.1, 0.15) is 5.58 Å². The van der Waals surface area contributed by atoms with Crippen LogP contribution in [0.2, 0.25) is 0 Å². The number of furan rings is 1. The molecule has 3 heterocycles. The van der Waals surface area contributed by atoms with Crippen LogP contribution < -0.4 is 0 Å². The van der Waals surface area contributed by atoms with Crippen molar-refractivity contribution in [3.8, 4) is 56.7 Å². The summed E-state index contributed by atoms with van der Waals surface area (Å²) in [5.41, 5.74) is 13.6. The molecule has 0 amide bonds. The summed E-state index contributed by atoms with van der Waals surface area (Å²) in [5, 5.41) is 10.9. The van der Waals surface area contributed by atoms with E-state index in [0.29, 0.717) is 33.5 Å². The number of nitrogens with zero attached hydrogens (tertiary/aromatic N) is 4. The van der Waals surface area contributed by atoms with Crippen molar-refractivity contribution in [2.75, 3.05) is 0 Å². The second kappa shape index (κ2) is 18.5. The first kappa shape index (κ1) is 38.4. The van der Waals surface area contributed by atoms with Crippen LogP contribution in [0.25, 0.3) is 83.6 Å². The van der Waals surface area contributed by atoms with Gasteiger partial charge < -0.3 is 14.0 Å². The average molecular weight is 1040 g/mol. The Bertz CT molecular complexity index is 3620. The predicted octanol–water partition coefficient (Wildman–Crippen LogP) is 15.8. The molecular formula is C60H50IrN4O-2. The standard InChI is InChI=1S/C38H34NO.C22H16N3.Ir/c1-25-24-39-35(23-34(25)29-17-15-26(16-18-29)27-19-21-38(2,3)22-20-27)33-14-8-13-32-31-12-7-11-30(36(31)40-37(32)33)28-9-5-4-6-10-28;1-15-6-5-7-16(2)21(15)25-20-9-4-3-8-19(20)24-22(25)18-12-10-17(14-23)11-13-18;/h4-13,15-18,23-24,27H,19-22H2,1-3H3;3-12H,1-2H3;/q2*-1;/i1D3,17D,27D;;. The van der Waals surface area contributed by atoms with Gasteiger partial charge in [-0.25, -0.2) is 5.26 Å². The molecule has 0 atom stereocenters. The van der Waals surface area contributed by atoms with Crippen molar-refractivity contribution in [3.05, 3.63) is 198 Å². The summed E-state index contributed by atoms with van der Waals surface area (Å²) in [7, 11) is 0. The van der Waals surface area contributed by atoms with Crippen LogP contribution >= 0.6 is 0 Å². The van der Waals surface area contributed by atoms with Gasteiger partial charge in [-0.05, 0) is 120 Å². The zero-order chi connectivity index (χ0) is 49.0. The van der Waals surface area contributed by atoms with Gasteiger partial charge >= 0.3 is 0 Å². The summed E-state index contributed by atoms with van der Waals surface area (Å²) in [5.74, 6) is 0.0908. The quantitative estimate of drug-likeness (QED) is 0.156. The molecule has 6 heteroatoms. The number of aryl methyl sites for hydroxylation is 3. The van der Waals surface area contributed by atoms with Crippen molar-refractivity contribution in [2.24, 2.45) is 5.41 Å². The van der Waals surface area contributed by atoms with E-state index in [4.69, 9.17) is 20.1 Å². The number of nitriles is 1. The number of fused-ring (bicyclic) bond motifs is 4. The summed E-state index contributed by atoms with van der Waals surface area (Å²) in [4.78, 5) is 9.45. The molecule has 11 rings (SSSR count). The molecule has 0 N–H and O–H groups in total. The van der Waals surface area contributed by atoms with Gasteiger partial charge in [-0.2, -0.15) is 0 Å². The predicted molar refractivity (Wildman–Crippen MR) is 266 cm³/mol. The topological polar surface area (TPSA) is 67.6 Å². The number of pyridine rings is 1. The van der Waals surface area contributed by atoms with E-state index in [1.165, 1.54) is 17.3 Å². The molecule has 327 valence electrons. The van der Waals surface area contributed by atoms with Crippen LogP contribution in [0.1, 0.15) is 80.1 Å². The Kier molecular flexibility index (Phi) is 10.8. The van der Waals surface area contributed by atoms with Crippen molar-refractivity contribution in [3.63, 3.8) is 0 Å². The Morgan fingerprint density at radius 1 is 0.788 bits per heavy atom. The molecular weight excluding hydrogens is 985 g/mol. The van der Waals surface area contributed by atoms with Crippen LogP contribution in [-0.4, -0.2) is 14.5 Å². The molecule has 1 aliphatic rings. The summed E-state index contributed by atoms with van der Waals surface area (Å²) >= 11 is 0. The third-order valence-electron chi connectivity index (χ3n) is 12.8. The maximum Gasteiger partial charge on any atom is 0.128 e. The fourth-order valence-corrected chi connectivity index (χ4v) is 9.17. The molecule has 1 saturated carbocycles. The van der Waals surface area contributed by atoms with Crippen LogP contribution in [0.5, 0.6) is 0 Å². The molecule has 66 heavy (non-hydrogen) atoms. The van der Waals surface area contributed by atoms with Crippen LogP contribution in [0, 0.1) is 49.6 Å². The van der Waals surface area contributed by atoms with E-state index in [1.54, 1.807) is 30.3 Å². The molecule has 0 bridgehead atoms. The minimum atomic E-state index is -2.43. The van der Waals surface area contributed by atoms with Gasteiger partial charge in [0.25, 0.3) is 0 Å². The van der Waals surface area contributed by atoms with Gasteiger partial charge in [0, 0.05) is 54.5 Å². The van der Waals surface area contributed by atoms with Gasteiger partial charge in [-0.3, -0.25) is 4.98 Å². The maximum atomic E-state index is 9.19. The third-order valence-corrected chi connectivity index (χ3v) is 12.8. The normalized spacial score (nSPS) is 15.3. The molecule has 3 aromatic heterocycles. The van der Waals surface area contributed by atoms with Gasteiger partial charge in [-0.15, -0.1) is 48.0 Å².